The number of fused-ring (bicyclic) bond motifs is 1. The second-order valence-electron chi connectivity index (χ2n) is 4.14. The number of halogens is 4. The summed E-state index contributed by atoms with van der Waals surface area (Å²) in [5.41, 5.74) is 4.26. The summed E-state index contributed by atoms with van der Waals surface area (Å²) in [5.74, 6) is 1.85. The summed E-state index contributed by atoms with van der Waals surface area (Å²) in [4.78, 5) is 0. The molecular weight excluding hydrogens is 310 g/mol. The van der Waals surface area contributed by atoms with E-state index in [0.717, 1.165) is 33.0 Å². The summed E-state index contributed by atoms with van der Waals surface area (Å²) in [6.07, 6.45) is 0. The summed E-state index contributed by atoms with van der Waals surface area (Å²) < 4.78 is 0. The molecule has 0 aliphatic carbocycles. The largest absolute Gasteiger partial charge is 0.122 e. The molecule has 0 radical (unpaired) electrons. The Morgan fingerprint density at radius 3 is 1.22 bits per heavy atom. The molecule has 96 valence electrons. The standard InChI is InChI=1S/C14H12Cl4/c15-5-9-1-11(7-17)13-4-10(6-16)2-12(8-18)14(13)3-9/h1-4H,5-8H2. The maximum Gasteiger partial charge on any atom is 0.0480 e. The lowest BCUT2D eigenvalue weighted by Gasteiger charge is -2.12. The van der Waals surface area contributed by atoms with Crippen LogP contribution in [0.1, 0.15) is 22.3 Å². The Hall–Kier alpha value is -0.140. The van der Waals surface area contributed by atoms with Crippen LogP contribution in [0.25, 0.3) is 10.8 Å². The maximum absolute atomic E-state index is 6.02. The van der Waals surface area contributed by atoms with Crippen LogP contribution in [-0.4, -0.2) is 0 Å². The SMILES string of the molecule is ClCc1cc(CCl)c2cc(CCl)cc(CCl)c2c1. The van der Waals surface area contributed by atoms with E-state index in [-0.39, 0.29) is 0 Å². The van der Waals surface area contributed by atoms with Gasteiger partial charge < -0.3 is 0 Å². The molecule has 0 aromatic heterocycles. The van der Waals surface area contributed by atoms with Crippen LogP contribution in [0.15, 0.2) is 24.3 Å². The molecule has 2 aromatic rings. The first-order chi connectivity index (χ1) is 8.73. The summed E-state index contributed by atoms with van der Waals surface area (Å²) in [5, 5.41) is 2.24. The minimum atomic E-state index is 0.453. The highest BCUT2D eigenvalue weighted by atomic mass is 35.5. The molecule has 0 saturated heterocycles. The van der Waals surface area contributed by atoms with Crippen LogP contribution in [0.4, 0.5) is 0 Å². The lowest BCUT2D eigenvalue weighted by Crippen LogP contribution is -1.93. The first-order valence-corrected chi connectivity index (χ1v) is 7.68. The minimum Gasteiger partial charge on any atom is -0.122 e. The predicted octanol–water partition coefficient (Wildman–Crippen LogP) is 5.80. The molecule has 2 rings (SSSR count). The fraction of sp³-hybridized carbons (Fsp3) is 0.286. The van der Waals surface area contributed by atoms with Crippen LogP contribution in [0.2, 0.25) is 0 Å². The van der Waals surface area contributed by atoms with Crippen molar-refractivity contribution in [3.8, 4) is 0 Å². The predicted molar refractivity (Wildman–Crippen MR) is 82.2 cm³/mol. The van der Waals surface area contributed by atoms with Crippen molar-refractivity contribution in [1.82, 2.24) is 0 Å². The minimum absolute atomic E-state index is 0.453. The van der Waals surface area contributed by atoms with E-state index in [0.29, 0.717) is 23.5 Å². The fourth-order valence-electron chi connectivity index (χ4n) is 2.12. The molecule has 0 spiro atoms. The van der Waals surface area contributed by atoms with E-state index in [1.54, 1.807) is 0 Å². The van der Waals surface area contributed by atoms with E-state index in [2.05, 4.69) is 12.1 Å². The van der Waals surface area contributed by atoms with E-state index < -0.39 is 0 Å². The quantitative estimate of drug-likeness (QED) is 0.625. The van der Waals surface area contributed by atoms with Gasteiger partial charge in [0, 0.05) is 23.5 Å². The normalized spacial score (nSPS) is 11.1. The topological polar surface area (TPSA) is 0 Å². The molecule has 0 bridgehead atoms. The fourth-order valence-corrected chi connectivity index (χ4v) is 2.87. The molecule has 0 unspecified atom stereocenters. The van der Waals surface area contributed by atoms with Gasteiger partial charge in [0.05, 0.1) is 0 Å². The van der Waals surface area contributed by atoms with E-state index in [1.807, 2.05) is 12.1 Å². The molecule has 0 atom stereocenters. The lowest BCUT2D eigenvalue weighted by atomic mass is 9.96. The second-order valence-corrected chi connectivity index (χ2v) is 5.21. The zero-order valence-electron chi connectivity index (χ0n) is 9.65. The van der Waals surface area contributed by atoms with Crippen molar-refractivity contribution < 1.29 is 0 Å². The Kier molecular flexibility index (Phi) is 5.03. The van der Waals surface area contributed by atoms with Crippen LogP contribution < -0.4 is 0 Å². The first kappa shape index (κ1) is 14.3. The van der Waals surface area contributed by atoms with Crippen LogP contribution in [0, 0.1) is 0 Å². The van der Waals surface area contributed by atoms with Gasteiger partial charge in [0.25, 0.3) is 0 Å². The van der Waals surface area contributed by atoms with E-state index >= 15 is 0 Å². The molecule has 0 fully saturated rings. The third kappa shape index (κ3) is 2.72. The number of rotatable bonds is 4. The van der Waals surface area contributed by atoms with Crippen LogP contribution in [0.5, 0.6) is 0 Å². The Labute approximate surface area is 127 Å². The Bertz CT molecular complexity index is 512. The van der Waals surface area contributed by atoms with Gasteiger partial charge in [-0.05, 0) is 45.2 Å². The van der Waals surface area contributed by atoms with E-state index in [9.17, 15) is 0 Å². The van der Waals surface area contributed by atoms with Crippen molar-refractivity contribution in [3.63, 3.8) is 0 Å². The van der Waals surface area contributed by atoms with Crippen molar-refractivity contribution in [2.24, 2.45) is 0 Å². The average molecular weight is 322 g/mol. The molecule has 4 heteroatoms. The lowest BCUT2D eigenvalue weighted by molar-refractivity contribution is 1.31. The van der Waals surface area contributed by atoms with E-state index in [1.165, 1.54) is 0 Å². The molecule has 2 aromatic carbocycles. The number of benzene rings is 2. The van der Waals surface area contributed by atoms with E-state index in [4.69, 9.17) is 46.4 Å². The van der Waals surface area contributed by atoms with Crippen molar-refractivity contribution in [1.29, 1.82) is 0 Å². The molecule has 0 saturated carbocycles. The molecule has 0 heterocycles. The second kappa shape index (κ2) is 6.34. The van der Waals surface area contributed by atoms with Gasteiger partial charge in [0.2, 0.25) is 0 Å². The average Bonchev–Trinajstić information content (AvgIpc) is 2.44. The van der Waals surface area contributed by atoms with Crippen LogP contribution in [-0.2, 0) is 23.5 Å². The van der Waals surface area contributed by atoms with Crippen LogP contribution in [0.3, 0.4) is 0 Å². The van der Waals surface area contributed by atoms with Crippen LogP contribution >= 0.6 is 46.4 Å². The maximum atomic E-state index is 6.02. The molecule has 0 nitrogen and oxygen atoms in total. The Balaban J connectivity index is 2.80. The van der Waals surface area contributed by atoms with Gasteiger partial charge in [0.1, 0.15) is 0 Å². The molecule has 18 heavy (non-hydrogen) atoms. The Morgan fingerprint density at radius 1 is 0.556 bits per heavy atom. The van der Waals surface area contributed by atoms with Crippen molar-refractivity contribution in [2.45, 2.75) is 23.5 Å². The summed E-state index contributed by atoms with van der Waals surface area (Å²) in [6.45, 7) is 0. The van der Waals surface area contributed by atoms with Gasteiger partial charge in [-0.15, -0.1) is 46.4 Å². The van der Waals surface area contributed by atoms with Crippen molar-refractivity contribution in [3.05, 3.63) is 46.5 Å². The van der Waals surface area contributed by atoms with Gasteiger partial charge in [0.15, 0.2) is 0 Å². The first-order valence-electron chi connectivity index (χ1n) is 5.54. The summed E-state index contributed by atoms with van der Waals surface area (Å²) in [6, 6.07) is 8.24. The third-order valence-electron chi connectivity index (χ3n) is 2.96. The number of alkyl halides is 4. The zero-order valence-corrected chi connectivity index (χ0v) is 12.7. The van der Waals surface area contributed by atoms with Crippen molar-refractivity contribution in [2.75, 3.05) is 0 Å². The van der Waals surface area contributed by atoms with Gasteiger partial charge in [-0.25, -0.2) is 0 Å². The van der Waals surface area contributed by atoms with Gasteiger partial charge in [-0.1, -0.05) is 12.1 Å². The summed E-state index contributed by atoms with van der Waals surface area (Å²) >= 11 is 23.9. The molecule has 0 aliphatic rings. The molecular formula is C14H12Cl4. The third-order valence-corrected chi connectivity index (χ3v) is 4.15. The molecule has 0 N–H and O–H groups in total. The van der Waals surface area contributed by atoms with Gasteiger partial charge in [-0.2, -0.15) is 0 Å². The number of hydrogen-bond acceptors (Lipinski definition) is 0. The molecule has 0 amide bonds. The highest BCUT2D eigenvalue weighted by molar-refractivity contribution is 6.20. The smallest absolute Gasteiger partial charge is 0.0480 e. The molecule has 0 aliphatic heterocycles. The highest BCUT2D eigenvalue weighted by Gasteiger charge is 2.09. The monoisotopic (exact) mass is 320 g/mol. The summed E-state index contributed by atoms with van der Waals surface area (Å²) in [7, 11) is 0. The van der Waals surface area contributed by atoms with Gasteiger partial charge >= 0.3 is 0 Å². The van der Waals surface area contributed by atoms with Crippen molar-refractivity contribution >= 4 is 57.2 Å². The Morgan fingerprint density at radius 2 is 0.944 bits per heavy atom. The highest BCUT2D eigenvalue weighted by Crippen LogP contribution is 2.29. The zero-order chi connectivity index (χ0) is 13.1. The number of hydrogen-bond donors (Lipinski definition) is 0. The van der Waals surface area contributed by atoms with Gasteiger partial charge in [-0.3, -0.25) is 0 Å².